The van der Waals surface area contributed by atoms with Crippen molar-refractivity contribution < 1.29 is 9.21 Å². The van der Waals surface area contributed by atoms with Gasteiger partial charge in [0.15, 0.2) is 5.58 Å². The van der Waals surface area contributed by atoms with Gasteiger partial charge < -0.3 is 9.32 Å². The third-order valence-electron chi connectivity index (χ3n) is 4.78. The molecule has 1 aliphatic rings. The normalized spacial score (nSPS) is 15.8. The fourth-order valence-electron chi connectivity index (χ4n) is 3.35. The quantitative estimate of drug-likeness (QED) is 0.632. The number of amides is 1. The summed E-state index contributed by atoms with van der Waals surface area (Å²) >= 11 is 1.38. The van der Waals surface area contributed by atoms with Gasteiger partial charge >= 0.3 is 0 Å². The van der Waals surface area contributed by atoms with Crippen molar-refractivity contribution in [3.63, 3.8) is 0 Å². The maximum Gasteiger partial charge on any atom is 0.257 e. The van der Waals surface area contributed by atoms with Crippen molar-refractivity contribution in [2.45, 2.75) is 18.2 Å². The van der Waals surface area contributed by atoms with E-state index in [4.69, 9.17) is 4.42 Å². The van der Waals surface area contributed by atoms with E-state index in [2.05, 4.69) is 34.1 Å². The minimum Gasteiger partial charge on any atom is -0.431 e. The molecule has 0 unspecified atom stereocenters. The molecule has 3 aromatic rings. The van der Waals surface area contributed by atoms with Gasteiger partial charge in [0.25, 0.3) is 5.22 Å². The van der Waals surface area contributed by atoms with Gasteiger partial charge in [-0.3, -0.25) is 9.69 Å². The van der Waals surface area contributed by atoms with E-state index in [1.165, 1.54) is 17.3 Å². The summed E-state index contributed by atoms with van der Waals surface area (Å²) in [5, 5.41) is 0.560. The molecule has 0 atom stereocenters. The number of aromatic nitrogens is 1. The van der Waals surface area contributed by atoms with Crippen molar-refractivity contribution in [3.8, 4) is 0 Å². The minimum absolute atomic E-state index is 0.156. The summed E-state index contributed by atoms with van der Waals surface area (Å²) in [5.74, 6) is 0.523. The zero-order valence-electron chi connectivity index (χ0n) is 15.2. The molecule has 140 valence electrons. The SMILES string of the molecule is O=C(CSc1nc2ccccc2o1)N1CCCN(Cc2ccccc2)CC1. The Balaban J connectivity index is 1.28. The summed E-state index contributed by atoms with van der Waals surface area (Å²) in [4.78, 5) is 21.4. The fraction of sp³-hybridized carbons (Fsp3) is 0.333. The molecule has 1 fully saturated rings. The lowest BCUT2D eigenvalue weighted by Gasteiger charge is -2.21. The van der Waals surface area contributed by atoms with Crippen LogP contribution in [0, 0.1) is 0 Å². The Morgan fingerprint density at radius 3 is 2.67 bits per heavy atom. The van der Waals surface area contributed by atoms with E-state index in [9.17, 15) is 4.79 Å². The molecule has 6 heteroatoms. The van der Waals surface area contributed by atoms with Crippen LogP contribution in [0.5, 0.6) is 0 Å². The minimum atomic E-state index is 0.156. The van der Waals surface area contributed by atoms with Crippen LogP contribution in [0.1, 0.15) is 12.0 Å². The Morgan fingerprint density at radius 2 is 1.81 bits per heavy atom. The van der Waals surface area contributed by atoms with Crippen LogP contribution in [0.25, 0.3) is 11.1 Å². The molecule has 0 N–H and O–H groups in total. The third kappa shape index (κ3) is 4.70. The Bertz CT molecular complexity index is 864. The standard InChI is InChI=1S/C21H23N3O2S/c25-20(16-27-21-22-18-9-4-5-10-19(18)26-21)24-12-6-11-23(13-14-24)15-17-7-2-1-3-8-17/h1-5,7-10H,6,11-16H2. The van der Waals surface area contributed by atoms with Gasteiger partial charge in [0.05, 0.1) is 5.75 Å². The monoisotopic (exact) mass is 381 g/mol. The first-order valence-corrected chi connectivity index (χ1v) is 10.3. The first kappa shape index (κ1) is 18.1. The summed E-state index contributed by atoms with van der Waals surface area (Å²) < 4.78 is 5.69. The maximum absolute atomic E-state index is 12.6. The molecule has 1 aromatic heterocycles. The lowest BCUT2D eigenvalue weighted by molar-refractivity contribution is -0.128. The Kier molecular flexibility index (Phi) is 5.75. The highest BCUT2D eigenvalue weighted by atomic mass is 32.2. The number of nitrogens with zero attached hydrogens (tertiary/aromatic N) is 3. The zero-order chi connectivity index (χ0) is 18.5. The van der Waals surface area contributed by atoms with Gasteiger partial charge in [-0.2, -0.15) is 0 Å². The summed E-state index contributed by atoms with van der Waals surface area (Å²) in [6.07, 6.45) is 1.01. The summed E-state index contributed by atoms with van der Waals surface area (Å²) in [6.45, 7) is 4.48. The molecule has 2 aromatic carbocycles. The number of hydrogen-bond donors (Lipinski definition) is 0. The Morgan fingerprint density at radius 1 is 1.00 bits per heavy atom. The predicted octanol–water partition coefficient (Wildman–Crippen LogP) is 3.65. The number of hydrogen-bond acceptors (Lipinski definition) is 5. The second kappa shape index (κ2) is 8.59. The van der Waals surface area contributed by atoms with Crippen LogP contribution in [0.4, 0.5) is 0 Å². The van der Waals surface area contributed by atoms with E-state index in [1.807, 2.05) is 35.2 Å². The highest BCUT2D eigenvalue weighted by molar-refractivity contribution is 7.99. The highest BCUT2D eigenvalue weighted by Gasteiger charge is 2.20. The number of rotatable bonds is 5. The van der Waals surface area contributed by atoms with Crippen LogP contribution in [0.2, 0.25) is 0 Å². The molecule has 1 amide bonds. The van der Waals surface area contributed by atoms with E-state index in [1.54, 1.807) is 0 Å². The number of para-hydroxylation sites is 2. The van der Waals surface area contributed by atoms with Crippen LogP contribution >= 0.6 is 11.8 Å². The first-order chi connectivity index (χ1) is 13.3. The second-order valence-corrected chi connectivity index (χ2v) is 7.66. The van der Waals surface area contributed by atoms with Gasteiger partial charge in [-0.05, 0) is 24.1 Å². The molecule has 1 aliphatic heterocycles. The Hall–Kier alpha value is -2.31. The van der Waals surface area contributed by atoms with E-state index in [0.29, 0.717) is 11.0 Å². The van der Waals surface area contributed by atoms with Crippen LogP contribution in [-0.4, -0.2) is 52.6 Å². The number of oxazole rings is 1. The van der Waals surface area contributed by atoms with Crippen LogP contribution in [0.15, 0.2) is 64.2 Å². The van der Waals surface area contributed by atoms with E-state index >= 15 is 0 Å². The summed E-state index contributed by atoms with van der Waals surface area (Å²) in [6, 6.07) is 18.2. The lowest BCUT2D eigenvalue weighted by Crippen LogP contribution is -2.36. The number of thioether (sulfide) groups is 1. The van der Waals surface area contributed by atoms with Crippen molar-refractivity contribution in [3.05, 3.63) is 60.2 Å². The third-order valence-corrected chi connectivity index (χ3v) is 5.60. The fourth-order valence-corrected chi connectivity index (χ4v) is 4.09. The van der Waals surface area contributed by atoms with Crippen LogP contribution in [0.3, 0.4) is 0 Å². The molecule has 0 bridgehead atoms. The molecule has 0 radical (unpaired) electrons. The molecule has 0 spiro atoms. The largest absolute Gasteiger partial charge is 0.431 e. The van der Waals surface area contributed by atoms with Gasteiger partial charge in [-0.1, -0.05) is 54.2 Å². The molecular weight excluding hydrogens is 358 g/mol. The molecule has 1 saturated heterocycles. The smallest absolute Gasteiger partial charge is 0.257 e. The molecule has 2 heterocycles. The van der Waals surface area contributed by atoms with Crippen LogP contribution < -0.4 is 0 Å². The predicted molar refractivity (Wildman–Crippen MR) is 108 cm³/mol. The average Bonchev–Trinajstić information content (AvgIpc) is 2.98. The number of benzene rings is 2. The van der Waals surface area contributed by atoms with Crippen molar-refractivity contribution in [1.29, 1.82) is 0 Å². The topological polar surface area (TPSA) is 49.6 Å². The lowest BCUT2D eigenvalue weighted by atomic mass is 10.2. The molecule has 0 saturated carbocycles. The molecular formula is C21H23N3O2S. The number of carbonyl (C=O) groups excluding carboxylic acids is 1. The molecule has 4 rings (SSSR count). The molecule has 27 heavy (non-hydrogen) atoms. The van der Waals surface area contributed by atoms with Gasteiger partial charge in [0, 0.05) is 32.7 Å². The molecule has 5 nitrogen and oxygen atoms in total. The van der Waals surface area contributed by atoms with E-state index < -0.39 is 0 Å². The highest BCUT2D eigenvalue weighted by Crippen LogP contribution is 2.23. The first-order valence-electron chi connectivity index (χ1n) is 9.30. The van der Waals surface area contributed by atoms with Gasteiger partial charge in [0.1, 0.15) is 5.52 Å². The van der Waals surface area contributed by atoms with Gasteiger partial charge in [-0.15, -0.1) is 0 Å². The summed E-state index contributed by atoms with van der Waals surface area (Å²) in [5.41, 5.74) is 2.92. The van der Waals surface area contributed by atoms with Crippen molar-refractivity contribution in [1.82, 2.24) is 14.8 Å². The maximum atomic E-state index is 12.6. The Labute approximate surface area is 163 Å². The van der Waals surface area contributed by atoms with Gasteiger partial charge in [-0.25, -0.2) is 4.98 Å². The second-order valence-electron chi connectivity index (χ2n) is 6.73. The van der Waals surface area contributed by atoms with Crippen LogP contribution in [-0.2, 0) is 11.3 Å². The average molecular weight is 382 g/mol. The van der Waals surface area contributed by atoms with Gasteiger partial charge in [0.2, 0.25) is 5.91 Å². The van der Waals surface area contributed by atoms with Crippen molar-refractivity contribution in [2.75, 3.05) is 31.9 Å². The zero-order valence-corrected chi connectivity index (χ0v) is 16.0. The van der Waals surface area contributed by atoms with E-state index in [0.717, 1.165) is 50.2 Å². The van der Waals surface area contributed by atoms with Crippen molar-refractivity contribution in [2.24, 2.45) is 0 Å². The molecule has 0 aliphatic carbocycles. The summed E-state index contributed by atoms with van der Waals surface area (Å²) in [7, 11) is 0. The van der Waals surface area contributed by atoms with Crippen molar-refractivity contribution >= 4 is 28.8 Å². The number of carbonyl (C=O) groups is 1. The van der Waals surface area contributed by atoms with E-state index in [-0.39, 0.29) is 5.91 Å². The number of fused-ring (bicyclic) bond motifs is 1.